The SMILES string of the molecule is C/C=C(\C)[C@H]1OC(=O)[C@@H](C)NC(=O)[C@H](C(C)CC)NC(=O)CN(C)C(=O)C(Cc2ccccc2)N(C)C(=O)[C@H](C)NC(=O)[C@@H](CC(C)C)OC(=O)/C(C)=C/C[C@H](OC(=O)N(C)CCN(C)C(=O)OCc2ccc(NC(=O)[C@H](CCCNC(N)=O)NC(=O)[C@@H](NC(=O)OCc3ccccc3)C(C)C)cc2)[C@@H]1C. The van der Waals surface area contributed by atoms with E-state index in [1.807, 2.05) is 26.8 Å². The normalized spacial score (nSPS) is 21.4. The smallest absolute Gasteiger partial charge is 0.409 e. The minimum absolute atomic E-state index is 0.000720. The number of alkyl carbamates (subject to hydrolysis) is 1. The molecule has 0 radical (unpaired) electrons. The standard InChI is InChI=1S/C76H110N12O18/c1-17-47(7)63-68(93)80-52(12)72(97)106-64(48(8)18-2)50(10)59(36-31-49(9)71(96)104-60(40-45(3)4)66(91)79-51(11)69(94)88(16)58(41-53-26-21-19-22-27-53)70(95)87(15)42-61(89)83-63)105-76(101)86(14)39-38-85(13)75(100)103-44-55-32-34-56(35-33-55)81-65(90)57(30-25-37-78-73(77)98)82-67(92)62(46(5)6)84-74(99)102-43-54-28-23-20-24-29-54/h18-24,26-29,31-35,45-47,50-52,57-60,62-64H,17,25,30,36-44H2,1-16H3,(H,79,91)(H,80,93)(H,81,90)(H,82,92)(H,83,89)(H,84,99)(H3,77,78,98)/b48-18+,49-31+/t47?,50-,51-,52+,57-,58?,59-,60+,62-,63-,64+/m0/s1. The Hall–Kier alpha value is -10.6. The van der Waals surface area contributed by atoms with Gasteiger partial charge in [-0.2, -0.15) is 0 Å². The Bertz CT molecular complexity index is 3540. The molecular formula is C76H110N12O18. The van der Waals surface area contributed by atoms with Gasteiger partial charge in [-0.05, 0) is 106 Å². The number of nitrogens with zero attached hydrogens (tertiary/aromatic N) is 4. The zero-order valence-electron chi connectivity index (χ0n) is 63.9. The van der Waals surface area contributed by atoms with Gasteiger partial charge < -0.3 is 86.2 Å². The Labute approximate surface area is 621 Å². The monoisotopic (exact) mass is 1480 g/mol. The summed E-state index contributed by atoms with van der Waals surface area (Å²) in [6.45, 7) is 19.1. The molecule has 3 aromatic carbocycles. The molecule has 9 N–H and O–H groups in total. The number of anilines is 1. The molecule has 582 valence electrons. The molecule has 0 saturated carbocycles. The predicted octanol–water partition coefficient (Wildman–Crippen LogP) is 6.41. The first-order valence-corrected chi connectivity index (χ1v) is 35.7. The van der Waals surface area contributed by atoms with Crippen LogP contribution in [0.15, 0.2) is 108 Å². The topological polar surface area (TPSA) is 391 Å². The summed E-state index contributed by atoms with van der Waals surface area (Å²) in [6.07, 6.45) is -2.45. The third-order valence-corrected chi connectivity index (χ3v) is 18.1. The second-order valence-electron chi connectivity index (χ2n) is 27.6. The van der Waals surface area contributed by atoms with Gasteiger partial charge in [-0.1, -0.05) is 140 Å². The lowest BCUT2D eigenvalue weighted by Crippen LogP contribution is -2.57. The number of primary amides is 1. The number of carbonyl (C=O) groups excluding carboxylic acids is 13. The van der Waals surface area contributed by atoms with Crippen LogP contribution in [0, 0.1) is 23.7 Å². The highest BCUT2D eigenvalue weighted by atomic mass is 16.6. The summed E-state index contributed by atoms with van der Waals surface area (Å²) < 4.78 is 29.1. The van der Waals surface area contributed by atoms with E-state index in [9.17, 15) is 62.3 Å². The van der Waals surface area contributed by atoms with E-state index in [1.165, 1.54) is 69.7 Å². The molecule has 4 rings (SSSR count). The number of allylic oxidation sites excluding steroid dienone is 1. The second kappa shape index (κ2) is 43.7. The van der Waals surface area contributed by atoms with Crippen molar-refractivity contribution in [2.45, 2.75) is 189 Å². The molecule has 0 aliphatic carbocycles. The van der Waals surface area contributed by atoms with Gasteiger partial charge >= 0.3 is 36.2 Å². The average Bonchev–Trinajstić information content (AvgIpc) is 0.832. The predicted molar refractivity (Wildman–Crippen MR) is 395 cm³/mol. The fraction of sp³-hybridized carbons (Fsp3) is 0.539. The highest BCUT2D eigenvalue weighted by molar-refractivity contribution is 5.99. The molecule has 1 heterocycles. The average molecular weight is 1480 g/mol. The number of urea groups is 1. The molecule has 11 atom stereocenters. The fourth-order valence-electron chi connectivity index (χ4n) is 11.0. The van der Waals surface area contributed by atoms with Gasteiger partial charge in [0.2, 0.25) is 35.4 Å². The molecule has 0 aromatic heterocycles. The number of amides is 12. The molecule has 1 aliphatic rings. The Balaban J connectivity index is 1.54. The molecule has 0 fully saturated rings. The molecule has 0 bridgehead atoms. The van der Waals surface area contributed by atoms with Gasteiger partial charge in [0.05, 0.1) is 6.54 Å². The van der Waals surface area contributed by atoms with Crippen LogP contribution in [-0.4, -0.2) is 206 Å². The highest BCUT2D eigenvalue weighted by Crippen LogP contribution is 2.27. The van der Waals surface area contributed by atoms with Gasteiger partial charge in [0, 0.05) is 77.8 Å². The van der Waals surface area contributed by atoms with Crippen LogP contribution in [-0.2, 0) is 86.5 Å². The molecule has 30 nitrogen and oxygen atoms in total. The maximum atomic E-state index is 14.4. The van der Waals surface area contributed by atoms with E-state index in [0.717, 1.165) is 10.5 Å². The summed E-state index contributed by atoms with van der Waals surface area (Å²) in [7, 11) is 5.67. The number of rotatable bonds is 25. The van der Waals surface area contributed by atoms with E-state index in [2.05, 4.69) is 37.2 Å². The van der Waals surface area contributed by atoms with Crippen LogP contribution < -0.4 is 43.0 Å². The summed E-state index contributed by atoms with van der Waals surface area (Å²) in [5.41, 5.74) is 8.03. The lowest BCUT2D eigenvalue weighted by molar-refractivity contribution is -0.155. The molecule has 3 aromatic rings. The Kier molecular flexibility index (Phi) is 36.2. The third-order valence-electron chi connectivity index (χ3n) is 18.1. The minimum Gasteiger partial charge on any atom is -0.456 e. The zero-order valence-corrected chi connectivity index (χ0v) is 63.9. The van der Waals surface area contributed by atoms with Crippen molar-refractivity contribution in [2.75, 3.05) is 59.7 Å². The number of benzene rings is 3. The molecule has 106 heavy (non-hydrogen) atoms. The quantitative estimate of drug-likeness (QED) is 0.0197. The van der Waals surface area contributed by atoms with Crippen LogP contribution in [0.2, 0.25) is 0 Å². The number of likely N-dealkylation sites (N-methyl/N-ethyl adjacent to an activating group) is 4. The van der Waals surface area contributed by atoms with Crippen LogP contribution in [0.25, 0.3) is 0 Å². The lowest BCUT2D eigenvalue weighted by Gasteiger charge is -2.33. The first-order chi connectivity index (χ1) is 50.0. The van der Waals surface area contributed by atoms with Crippen LogP contribution >= 0.6 is 0 Å². The van der Waals surface area contributed by atoms with Crippen molar-refractivity contribution in [3.8, 4) is 0 Å². The molecule has 0 spiro atoms. The van der Waals surface area contributed by atoms with E-state index in [1.54, 1.807) is 126 Å². The third kappa shape index (κ3) is 28.8. The van der Waals surface area contributed by atoms with Crippen molar-refractivity contribution in [1.82, 2.24) is 51.5 Å². The minimum atomic E-state index is -1.41. The maximum Gasteiger partial charge on any atom is 0.409 e. The summed E-state index contributed by atoms with van der Waals surface area (Å²) in [5, 5.41) is 18.6. The van der Waals surface area contributed by atoms with E-state index >= 15 is 0 Å². The van der Waals surface area contributed by atoms with E-state index in [-0.39, 0.29) is 76.4 Å². The van der Waals surface area contributed by atoms with Crippen molar-refractivity contribution in [2.24, 2.45) is 29.4 Å². The maximum absolute atomic E-state index is 14.4. The molecule has 2 unspecified atom stereocenters. The van der Waals surface area contributed by atoms with Crippen molar-refractivity contribution >= 4 is 83.3 Å². The van der Waals surface area contributed by atoms with E-state index in [4.69, 9.17) is 29.4 Å². The number of carbonyl (C=O) groups is 13. The molecule has 1 aliphatic heterocycles. The number of hydrogen-bond donors (Lipinski definition) is 8. The Morgan fingerprint density at radius 3 is 1.90 bits per heavy atom. The molecule has 12 amide bonds. The van der Waals surface area contributed by atoms with Gasteiger partial charge in [-0.25, -0.2) is 28.8 Å². The number of nitrogens with one attached hydrogen (secondary N) is 7. The number of cyclic esters (lactones) is 2. The van der Waals surface area contributed by atoms with Gasteiger partial charge in [-0.15, -0.1) is 0 Å². The van der Waals surface area contributed by atoms with Crippen LogP contribution in [0.5, 0.6) is 0 Å². The lowest BCUT2D eigenvalue weighted by atomic mass is 9.90. The first kappa shape index (κ1) is 87.9. The van der Waals surface area contributed by atoms with Gasteiger partial charge in [0.1, 0.15) is 61.7 Å². The number of esters is 2. The Morgan fingerprint density at radius 1 is 0.726 bits per heavy atom. The van der Waals surface area contributed by atoms with Crippen LogP contribution in [0.1, 0.15) is 132 Å². The van der Waals surface area contributed by atoms with Gasteiger partial charge in [0.15, 0.2) is 6.10 Å². The second-order valence-corrected chi connectivity index (χ2v) is 27.6. The Morgan fingerprint density at radius 2 is 1.31 bits per heavy atom. The zero-order chi connectivity index (χ0) is 79.1. The van der Waals surface area contributed by atoms with Crippen molar-refractivity contribution in [3.05, 3.63) is 125 Å². The van der Waals surface area contributed by atoms with Crippen LogP contribution in [0.4, 0.5) is 24.9 Å². The molecule has 30 heteroatoms. The summed E-state index contributed by atoms with van der Waals surface area (Å²) >= 11 is 0. The summed E-state index contributed by atoms with van der Waals surface area (Å²) in [5.74, 6) is -8.56. The van der Waals surface area contributed by atoms with E-state index < -0.39 is 156 Å². The number of ether oxygens (including phenoxy) is 5. The summed E-state index contributed by atoms with van der Waals surface area (Å²) in [6, 6.07) is 16.3. The first-order valence-electron chi connectivity index (χ1n) is 35.7. The molecular weight excluding hydrogens is 1370 g/mol. The van der Waals surface area contributed by atoms with E-state index in [0.29, 0.717) is 28.8 Å². The number of hydrogen-bond acceptors (Lipinski definition) is 18. The summed E-state index contributed by atoms with van der Waals surface area (Å²) in [4.78, 5) is 183. The van der Waals surface area contributed by atoms with Crippen LogP contribution in [0.3, 0.4) is 0 Å². The van der Waals surface area contributed by atoms with Crippen molar-refractivity contribution < 1.29 is 86.0 Å². The van der Waals surface area contributed by atoms with Crippen molar-refractivity contribution in [1.29, 1.82) is 0 Å². The fourth-order valence-corrected chi connectivity index (χ4v) is 11.0. The van der Waals surface area contributed by atoms with Gasteiger partial charge in [-0.3, -0.25) is 33.6 Å². The highest BCUT2D eigenvalue weighted by Gasteiger charge is 2.39. The number of nitrogens with two attached hydrogens (primary N) is 1. The molecule has 0 saturated heterocycles. The van der Waals surface area contributed by atoms with Crippen molar-refractivity contribution in [3.63, 3.8) is 0 Å². The van der Waals surface area contributed by atoms with Gasteiger partial charge in [0.25, 0.3) is 5.91 Å². The largest absolute Gasteiger partial charge is 0.456 e.